The molecule has 0 saturated heterocycles. The van der Waals surface area contributed by atoms with E-state index >= 15 is 0 Å². The molecule has 0 spiro atoms. The molecule has 0 aliphatic heterocycles. The summed E-state index contributed by atoms with van der Waals surface area (Å²) in [4.78, 5) is 21.1. The Morgan fingerprint density at radius 2 is 0.955 bits per heavy atom. The van der Waals surface area contributed by atoms with Gasteiger partial charge in [0.05, 0.1) is 0 Å². The molecule has 0 aromatic heterocycles. The predicted molar refractivity (Wildman–Crippen MR) is 92.3 cm³/mol. The summed E-state index contributed by atoms with van der Waals surface area (Å²) in [5.74, 6) is 0.155. The normalized spacial score (nSPS) is 10.3. The van der Waals surface area contributed by atoms with Gasteiger partial charge in [0.2, 0.25) is 0 Å². The van der Waals surface area contributed by atoms with Crippen LogP contribution in [0.3, 0.4) is 0 Å². The quantitative estimate of drug-likeness (QED) is 0.773. The zero-order valence-electron chi connectivity index (χ0n) is 12.9. The summed E-state index contributed by atoms with van der Waals surface area (Å²) in [6.07, 6.45) is 6.75. The molecule has 0 unspecified atom stereocenters. The van der Waals surface area contributed by atoms with Crippen molar-refractivity contribution in [3.8, 4) is 0 Å². The van der Waals surface area contributed by atoms with Gasteiger partial charge in [-0.15, -0.1) is 0 Å². The summed E-state index contributed by atoms with van der Waals surface area (Å²) in [5, 5.41) is 0. The Labute approximate surface area is 131 Å². The maximum atomic E-state index is 10.5. The van der Waals surface area contributed by atoms with Crippen molar-refractivity contribution in [1.82, 2.24) is 0 Å². The van der Waals surface area contributed by atoms with Gasteiger partial charge in [-0.1, -0.05) is 72.8 Å². The second-order valence-electron chi connectivity index (χ2n) is 4.71. The molecule has 2 heteroatoms. The van der Waals surface area contributed by atoms with Crippen molar-refractivity contribution in [1.29, 1.82) is 0 Å². The van der Waals surface area contributed by atoms with Gasteiger partial charge in [-0.2, -0.15) is 0 Å². The lowest BCUT2D eigenvalue weighted by atomic mass is 10.2. The molecule has 22 heavy (non-hydrogen) atoms. The van der Waals surface area contributed by atoms with Crippen LogP contribution in [0.15, 0.2) is 72.8 Å². The maximum absolute atomic E-state index is 10.5. The van der Waals surface area contributed by atoms with Gasteiger partial charge in [0, 0.05) is 0 Å². The van der Waals surface area contributed by atoms with Gasteiger partial charge in [-0.25, -0.2) is 0 Å². The van der Waals surface area contributed by atoms with Crippen LogP contribution in [0.5, 0.6) is 0 Å². The number of rotatable bonds is 4. The molecule has 0 N–H and O–H groups in total. The topological polar surface area (TPSA) is 34.1 Å². The first-order valence-electron chi connectivity index (χ1n) is 7.05. The molecule has 0 fully saturated rings. The first-order valence-corrected chi connectivity index (χ1v) is 7.05. The smallest absolute Gasteiger partial charge is 0.152 e. The van der Waals surface area contributed by atoms with Crippen LogP contribution in [0.4, 0.5) is 0 Å². The van der Waals surface area contributed by atoms with E-state index < -0.39 is 0 Å². The van der Waals surface area contributed by atoms with Crippen LogP contribution in [-0.4, -0.2) is 11.6 Å². The third kappa shape index (κ3) is 8.43. The largest absolute Gasteiger partial charge is 0.295 e. The molecule has 0 atom stereocenters. The van der Waals surface area contributed by atoms with Crippen LogP contribution >= 0.6 is 0 Å². The zero-order valence-corrected chi connectivity index (χ0v) is 12.9. The highest BCUT2D eigenvalue weighted by molar-refractivity contribution is 5.91. The van der Waals surface area contributed by atoms with Crippen molar-refractivity contribution in [2.45, 2.75) is 13.8 Å². The fourth-order valence-electron chi connectivity index (χ4n) is 1.56. The first kappa shape index (κ1) is 17.3. The van der Waals surface area contributed by atoms with Crippen LogP contribution in [0.2, 0.25) is 0 Å². The third-order valence-corrected chi connectivity index (χ3v) is 2.62. The monoisotopic (exact) mass is 292 g/mol. The molecule has 112 valence electrons. The summed E-state index contributed by atoms with van der Waals surface area (Å²) >= 11 is 0. The second kappa shape index (κ2) is 10.1. The van der Waals surface area contributed by atoms with Gasteiger partial charge in [-0.05, 0) is 37.1 Å². The minimum absolute atomic E-state index is 0.0776. The molecule has 0 bridgehead atoms. The van der Waals surface area contributed by atoms with E-state index in [4.69, 9.17) is 0 Å². The third-order valence-electron chi connectivity index (χ3n) is 2.62. The van der Waals surface area contributed by atoms with Crippen molar-refractivity contribution in [2.24, 2.45) is 0 Å². The Morgan fingerprint density at radius 1 is 0.636 bits per heavy atom. The molecule has 0 radical (unpaired) electrons. The SMILES string of the molecule is CC(=O)/C=C/c1ccccc1.CC(=O)C=Cc1ccccc1. The predicted octanol–water partition coefficient (Wildman–Crippen LogP) is 4.58. The van der Waals surface area contributed by atoms with Gasteiger partial charge in [0.15, 0.2) is 11.6 Å². The molecule has 0 saturated carbocycles. The summed E-state index contributed by atoms with van der Waals surface area (Å²) < 4.78 is 0. The highest BCUT2D eigenvalue weighted by Gasteiger charge is 1.84. The number of ketones is 2. The lowest BCUT2D eigenvalue weighted by molar-refractivity contribution is -0.113. The van der Waals surface area contributed by atoms with E-state index in [1.54, 1.807) is 26.0 Å². The van der Waals surface area contributed by atoms with Gasteiger partial charge in [0.25, 0.3) is 0 Å². The van der Waals surface area contributed by atoms with Gasteiger partial charge in [0.1, 0.15) is 0 Å². The average molecular weight is 292 g/mol. The van der Waals surface area contributed by atoms with E-state index in [1.807, 2.05) is 72.8 Å². The molecular weight excluding hydrogens is 272 g/mol. The van der Waals surface area contributed by atoms with Crippen molar-refractivity contribution >= 4 is 23.7 Å². The van der Waals surface area contributed by atoms with Crippen LogP contribution in [0.25, 0.3) is 12.2 Å². The number of carbonyl (C=O) groups is 2. The summed E-state index contributed by atoms with van der Waals surface area (Å²) in [7, 11) is 0. The van der Waals surface area contributed by atoms with Gasteiger partial charge < -0.3 is 0 Å². The molecule has 0 aliphatic carbocycles. The molecule has 2 rings (SSSR count). The molecule has 2 aromatic carbocycles. The number of hydrogen-bond acceptors (Lipinski definition) is 2. The first-order chi connectivity index (χ1) is 10.6. The highest BCUT2D eigenvalue weighted by atomic mass is 16.1. The average Bonchev–Trinajstić information content (AvgIpc) is 2.53. The number of hydrogen-bond donors (Lipinski definition) is 0. The van der Waals surface area contributed by atoms with Crippen molar-refractivity contribution in [3.63, 3.8) is 0 Å². The molecule has 2 aromatic rings. The van der Waals surface area contributed by atoms with Crippen LogP contribution in [-0.2, 0) is 9.59 Å². The molecule has 2 nitrogen and oxygen atoms in total. The highest BCUT2D eigenvalue weighted by Crippen LogP contribution is 2.01. The molecular formula is C20H20O2. The number of allylic oxidation sites excluding steroid dienone is 2. The van der Waals surface area contributed by atoms with Gasteiger partial charge >= 0.3 is 0 Å². The lowest BCUT2D eigenvalue weighted by Crippen LogP contribution is -1.79. The minimum Gasteiger partial charge on any atom is -0.295 e. The fraction of sp³-hybridized carbons (Fsp3) is 0.100. The summed E-state index contributed by atoms with van der Waals surface area (Å²) in [6, 6.07) is 19.5. The Kier molecular flexibility index (Phi) is 7.91. The Hall–Kier alpha value is -2.74. The zero-order chi connectivity index (χ0) is 16.2. The Morgan fingerprint density at radius 3 is 1.23 bits per heavy atom. The lowest BCUT2D eigenvalue weighted by Gasteiger charge is -1.88. The van der Waals surface area contributed by atoms with E-state index in [1.165, 1.54) is 0 Å². The summed E-state index contributed by atoms with van der Waals surface area (Å²) in [6.45, 7) is 3.08. The molecule has 0 amide bonds. The second-order valence-corrected chi connectivity index (χ2v) is 4.71. The summed E-state index contributed by atoms with van der Waals surface area (Å²) in [5.41, 5.74) is 2.12. The van der Waals surface area contributed by atoms with Crippen LogP contribution in [0, 0.1) is 0 Å². The maximum Gasteiger partial charge on any atom is 0.152 e. The standard InChI is InChI=1S/2C10H10O/c2*1-9(11)7-8-10-5-3-2-4-6-10/h2*2-8H,1H3/b8-7+;. The van der Waals surface area contributed by atoms with Crippen LogP contribution < -0.4 is 0 Å². The van der Waals surface area contributed by atoms with Crippen molar-refractivity contribution in [3.05, 3.63) is 83.9 Å². The fourth-order valence-corrected chi connectivity index (χ4v) is 1.56. The van der Waals surface area contributed by atoms with E-state index in [0.29, 0.717) is 0 Å². The Balaban J connectivity index is 0.000000220. The van der Waals surface area contributed by atoms with E-state index in [9.17, 15) is 9.59 Å². The van der Waals surface area contributed by atoms with E-state index in [-0.39, 0.29) is 11.6 Å². The van der Waals surface area contributed by atoms with E-state index in [2.05, 4.69) is 0 Å². The molecule has 0 aliphatic rings. The number of benzene rings is 2. The van der Waals surface area contributed by atoms with E-state index in [0.717, 1.165) is 11.1 Å². The van der Waals surface area contributed by atoms with Gasteiger partial charge in [-0.3, -0.25) is 9.59 Å². The van der Waals surface area contributed by atoms with Crippen molar-refractivity contribution in [2.75, 3.05) is 0 Å². The number of carbonyl (C=O) groups excluding carboxylic acids is 2. The minimum atomic E-state index is 0.0776. The van der Waals surface area contributed by atoms with Crippen LogP contribution in [0.1, 0.15) is 25.0 Å². The molecule has 0 heterocycles. The van der Waals surface area contributed by atoms with Crippen molar-refractivity contribution < 1.29 is 9.59 Å². The Bertz CT molecular complexity index is 578.